The number of aryl methyl sites for hydroxylation is 3. The van der Waals surface area contributed by atoms with E-state index in [4.69, 9.17) is 5.11 Å². The second kappa shape index (κ2) is 4.04. The second-order valence-corrected chi connectivity index (χ2v) is 3.08. The summed E-state index contributed by atoms with van der Waals surface area (Å²) < 4.78 is 0. The molecule has 0 aliphatic rings. The van der Waals surface area contributed by atoms with E-state index in [1.54, 1.807) is 6.92 Å². The maximum absolute atomic E-state index is 10.3. The van der Waals surface area contributed by atoms with Crippen LogP contribution in [0.5, 0.6) is 0 Å². The summed E-state index contributed by atoms with van der Waals surface area (Å²) in [6, 6.07) is 0. The zero-order chi connectivity index (χ0) is 10.7. The SMILES string of the molecule is Cc1nc(C)c(NCC(=O)O)nc1C. The smallest absolute Gasteiger partial charge is 0.322 e. The van der Waals surface area contributed by atoms with Crippen molar-refractivity contribution < 1.29 is 9.90 Å². The van der Waals surface area contributed by atoms with Crippen molar-refractivity contribution in [3.63, 3.8) is 0 Å². The number of carbonyl (C=O) groups is 1. The molecule has 0 amide bonds. The van der Waals surface area contributed by atoms with E-state index in [1.807, 2.05) is 13.8 Å². The lowest BCUT2D eigenvalue weighted by atomic mass is 10.3. The van der Waals surface area contributed by atoms with Crippen LogP contribution in [0.1, 0.15) is 17.1 Å². The van der Waals surface area contributed by atoms with Crippen LogP contribution in [0.4, 0.5) is 5.82 Å². The molecule has 0 fully saturated rings. The molecule has 0 spiro atoms. The van der Waals surface area contributed by atoms with Gasteiger partial charge in [-0.3, -0.25) is 9.78 Å². The minimum absolute atomic E-state index is 0.141. The number of carboxylic acids is 1. The molecule has 0 bridgehead atoms. The van der Waals surface area contributed by atoms with Gasteiger partial charge in [-0.2, -0.15) is 0 Å². The van der Waals surface area contributed by atoms with Gasteiger partial charge >= 0.3 is 5.97 Å². The standard InChI is InChI=1S/C9H13N3O2/c1-5-6(2)12-9(7(3)11-5)10-4-8(13)14/h4H2,1-3H3,(H,10,12)(H,13,14). The fraction of sp³-hybridized carbons (Fsp3) is 0.444. The molecule has 0 unspecified atom stereocenters. The first kappa shape index (κ1) is 10.4. The predicted molar refractivity (Wildman–Crippen MR) is 52.4 cm³/mol. The van der Waals surface area contributed by atoms with Crippen LogP contribution in [0.2, 0.25) is 0 Å². The molecular formula is C9H13N3O2. The summed E-state index contributed by atoms with van der Waals surface area (Å²) in [7, 11) is 0. The largest absolute Gasteiger partial charge is 0.480 e. The summed E-state index contributed by atoms with van der Waals surface area (Å²) in [5.74, 6) is -0.375. The van der Waals surface area contributed by atoms with Crippen LogP contribution in [0.15, 0.2) is 0 Å². The van der Waals surface area contributed by atoms with Crippen molar-refractivity contribution in [1.82, 2.24) is 9.97 Å². The fourth-order valence-electron chi connectivity index (χ4n) is 1.04. The number of carboxylic acid groups (broad SMARTS) is 1. The van der Waals surface area contributed by atoms with Crippen LogP contribution in [-0.4, -0.2) is 27.6 Å². The predicted octanol–water partition coefficient (Wildman–Crippen LogP) is 0.898. The van der Waals surface area contributed by atoms with E-state index in [-0.39, 0.29) is 6.54 Å². The summed E-state index contributed by atoms with van der Waals surface area (Å²) in [5.41, 5.74) is 2.39. The Morgan fingerprint density at radius 2 is 1.79 bits per heavy atom. The summed E-state index contributed by atoms with van der Waals surface area (Å²) in [4.78, 5) is 18.8. The van der Waals surface area contributed by atoms with Gasteiger partial charge in [-0.15, -0.1) is 0 Å². The number of hydrogen-bond acceptors (Lipinski definition) is 4. The average molecular weight is 195 g/mol. The quantitative estimate of drug-likeness (QED) is 0.749. The first-order valence-corrected chi connectivity index (χ1v) is 4.28. The Balaban J connectivity index is 2.87. The second-order valence-electron chi connectivity index (χ2n) is 3.08. The molecule has 0 aliphatic carbocycles. The molecule has 2 N–H and O–H groups in total. The lowest BCUT2D eigenvalue weighted by Crippen LogP contribution is -2.15. The lowest BCUT2D eigenvalue weighted by Gasteiger charge is -2.08. The maximum Gasteiger partial charge on any atom is 0.322 e. The molecule has 0 atom stereocenters. The Labute approximate surface area is 82.2 Å². The third-order valence-electron chi connectivity index (χ3n) is 1.89. The number of anilines is 1. The highest BCUT2D eigenvalue weighted by molar-refractivity contribution is 5.72. The topological polar surface area (TPSA) is 75.1 Å². The molecule has 0 saturated heterocycles. The molecule has 0 aromatic carbocycles. The minimum atomic E-state index is -0.913. The van der Waals surface area contributed by atoms with E-state index < -0.39 is 5.97 Å². The monoisotopic (exact) mass is 195 g/mol. The van der Waals surface area contributed by atoms with E-state index in [0.29, 0.717) is 11.5 Å². The Morgan fingerprint density at radius 1 is 1.21 bits per heavy atom. The number of nitrogens with one attached hydrogen (secondary N) is 1. The lowest BCUT2D eigenvalue weighted by molar-refractivity contribution is -0.134. The summed E-state index contributed by atoms with van der Waals surface area (Å²) in [6.45, 7) is 5.37. The van der Waals surface area contributed by atoms with Crippen molar-refractivity contribution in [2.45, 2.75) is 20.8 Å². The Bertz CT molecular complexity index is 363. The van der Waals surface area contributed by atoms with Gasteiger partial charge in [-0.25, -0.2) is 4.98 Å². The first-order chi connectivity index (χ1) is 6.50. The highest BCUT2D eigenvalue weighted by Gasteiger charge is 2.05. The van der Waals surface area contributed by atoms with Gasteiger partial charge in [0, 0.05) is 0 Å². The van der Waals surface area contributed by atoms with Crippen LogP contribution < -0.4 is 5.32 Å². The number of hydrogen-bond donors (Lipinski definition) is 2. The van der Waals surface area contributed by atoms with Gasteiger partial charge < -0.3 is 10.4 Å². The number of nitrogens with zero attached hydrogens (tertiary/aromatic N) is 2. The molecule has 5 heteroatoms. The molecule has 0 radical (unpaired) electrons. The zero-order valence-corrected chi connectivity index (χ0v) is 8.46. The van der Waals surface area contributed by atoms with Crippen LogP contribution in [0.25, 0.3) is 0 Å². The minimum Gasteiger partial charge on any atom is -0.480 e. The normalized spacial score (nSPS) is 9.93. The van der Waals surface area contributed by atoms with Gasteiger partial charge in [0.05, 0.1) is 17.1 Å². The van der Waals surface area contributed by atoms with Crippen molar-refractivity contribution >= 4 is 11.8 Å². The highest BCUT2D eigenvalue weighted by Crippen LogP contribution is 2.11. The van der Waals surface area contributed by atoms with E-state index in [2.05, 4.69) is 15.3 Å². The van der Waals surface area contributed by atoms with Crippen molar-refractivity contribution in [3.8, 4) is 0 Å². The molecule has 1 rings (SSSR count). The van der Waals surface area contributed by atoms with Crippen LogP contribution in [0.3, 0.4) is 0 Å². The van der Waals surface area contributed by atoms with Crippen LogP contribution in [-0.2, 0) is 4.79 Å². The molecule has 1 aromatic heterocycles. The zero-order valence-electron chi connectivity index (χ0n) is 8.46. The van der Waals surface area contributed by atoms with Crippen molar-refractivity contribution in [1.29, 1.82) is 0 Å². The number of aliphatic carboxylic acids is 1. The molecule has 5 nitrogen and oxygen atoms in total. The van der Waals surface area contributed by atoms with Crippen LogP contribution in [0, 0.1) is 20.8 Å². The van der Waals surface area contributed by atoms with Gasteiger partial charge in [0.15, 0.2) is 0 Å². The Kier molecular flexibility index (Phi) is 3.01. The van der Waals surface area contributed by atoms with Gasteiger partial charge in [0.25, 0.3) is 0 Å². The van der Waals surface area contributed by atoms with Crippen molar-refractivity contribution in [3.05, 3.63) is 17.1 Å². The third kappa shape index (κ3) is 2.42. The van der Waals surface area contributed by atoms with Gasteiger partial charge in [-0.05, 0) is 20.8 Å². The van der Waals surface area contributed by atoms with E-state index >= 15 is 0 Å². The molecular weight excluding hydrogens is 182 g/mol. The molecule has 14 heavy (non-hydrogen) atoms. The van der Waals surface area contributed by atoms with E-state index in [1.165, 1.54) is 0 Å². The van der Waals surface area contributed by atoms with Crippen LogP contribution >= 0.6 is 0 Å². The maximum atomic E-state index is 10.3. The van der Waals surface area contributed by atoms with Gasteiger partial charge in [-0.1, -0.05) is 0 Å². The fourth-order valence-corrected chi connectivity index (χ4v) is 1.04. The first-order valence-electron chi connectivity index (χ1n) is 4.28. The van der Waals surface area contributed by atoms with Gasteiger partial charge in [0.1, 0.15) is 12.4 Å². The molecule has 1 aromatic rings. The Hall–Kier alpha value is -1.65. The average Bonchev–Trinajstić information content (AvgIpc) is 2.09. The highest BCUT2D eigenvalue weighted by atomic mass is 16.4. The Morgan fingerprint density at radius 3 is 2.36 bits per heavy atom. The number of rotatable bonds is 3. The van der Waals surface area contributed by atoms with Gasteiger partial charge in [0.2, 0.25) is 0 Å². The summed E-state index contributed by atoms with van der Waals surface area (Å²) in [6.07, 6.45) is 0. The molecule has 0 aliphatic heterocycles. The number of aromatic nitrogens is 2. The summed E-state index contributed by atoms with van der Waals surface area (Å²) in [5, 5.41) is 11.2. The van der Waals surface area contributed by atoms with E-state index in [9.17, 15) is 4.79 Å². The molecule has 1 heterocycles. The van der Waals surface area contributed by atoms with Crippen molar-refractivity contribution in [2.75, 3.05) is 11.9 Å². The third-order valence-corrected chi connectivity index (χ3v) is 1.89. The van der Waals surface area contributed by atoms with Crippen molar-refractivity contribution in [2.24, 2.45) is 0 Å². The van der Waals surface area contributed by atoms with E-state index in [0.717, 1.165) is 11.4 Å². The summed E-state index contributed by atoms with van der Waals surface area (Å²) >= 11 is 0. The molecule has 0 saturated carbocycles. The molecule has 76 valence electrons.